The molecular formula is C10H14ClNS3. The van der Waals surface area contributed by atoms with Crippen molar-refractivity contribution in [3.05, 3.63) is 21.3 Å². The van der Waals surface area contributed by atoms with Gasteiger partial charge in [0.25, 0.3) is 0 Å². The fraction of sp³-hybridized carbons (Fsp3) is 0.600. The molecule has 1 atom stereocenters. The third kappa shape index (κ3) is 4.19. The van der Waals surface area contributed by atoms with Gasteiger partial charge >= 0.3 is 0 Å². The molecule has 0 aliphatic carbocycles. The van der Waals surface area contributed by atoms with Crippen molar-refractivity contribution in [3.63, 3.8) is 0 Å². The Morgan fingerprint density at radius 3 is 3.00 bits per heavy atom. The van der Waals surface area contributed by atoms with Crippen molar-refractivity contribution in [2.45, 2.75) is 11.8 Å². The van der Waals surface area contributed by atoms with Crippen molar-refractivity contribution in [3.8, 4) is 0 Å². The van der Waals surface area contributed by atoms with Crippen LogP contribution in [0.1, 0.15) is 4.88 Å². The van der Waals surface area contributed by atoms with Gasteiger partial charge in [0.2, 0.25) is 0 Å². The molecule has 2 heterocycles. The SMILES string of the molecule is Clc1ccc(CNCC2CSCCS2)s1. The maximum absolute atomic E-state index is 5.87. The highest BCUT2D eigenvalue weighted by Gasteiger charge is 2.13. The van der Waals surface area contributed by atoms with Crippen LogP contribution in [-0.4, -0.2) is 29.1 Å². The van der Waals surface area contributed by atoms with E-state index < -0.39 is 0 Å². The second-order valence-corrected chi connectivity index (χ2v) is 7.76. The Balaban J connectivity index is 1.65. The molecule has 5 heteroatoms. The summed E-state index contributed by atoms with van der Waals surface area (Å²) in [6.07, 6.45) is 0. The number of hydrogen-bond donors (Lipinski definition) is 1. The van der Waals surface area contributed by atoms with Gasteiger partial charge in [-0.3, -0.25) is 0 Å². The van der Waals surface area contributed by atoms with Crippen molar-refractivity contribution >= 4 is 46.5 Å². The number of halogens is 1. The van der Waals surface area contributed by atoms with E-state index in [1.54, 1.807) is 11.3 Å². The molecule has 1 saturated heterocycles. The van der Waals surface area contributed by atoms with Crippen molar-refractivity contribution in [2.24, 2.45) is 0 Å². The predicted octanol–water partition coefficient (Wildman–Crippen LogP) is 3.34. The van der Waals surface area contributed by atoms with E-state index in [2.05, 4.69) is 34.9 Å². The van der Waals surface area contributed by atoms with Crippen LogP contribution in [0.2, 0.25) is 4.34 Å². The summed E-state index contributed by atoms with van der Waals surface area (Å²) in [5.74, 6) is 3.92. The topological polar surface area (TPSA) is 12.0 Å². The largest absolute Gasteiger partial charge is 0.311 e. The number of thioether (sulfide) groups is 2. The Kier molecular flexibility index (Phi) is 5.17. The molecule has 15 heavy (non-hydrogen) atoms. The standard InChI is InChI=1S/C10H14ClNS3/c11-10-2-1-8(15-10)5-12-6-9-7-13-3-4-14-9/h1-2,9,12H,3-7H2. The summed E-state index contributed by atoms with van der Waals surface area (Å²) in [6, 6.07) is 4.07. The highest BCUT2D eigenvalue weighted by atomic mass is 35.5. The zero-order chi connectivity index (χ0) is 10.5. The molecule has 0 amide bonds. The van der Waals surface area contributed by atoms with Crippen LogP contribution >= 0.6 is 46.5 Å². The lowest BCUT2D eigenvalue weighted by Crippen LogP contribution is -2.28. The van der Waals surface area contributed by atoms with E-state index in [1.807, 2.05) is 6.07 Å². The summed E-state index contributed by atoms with van der Waals surface area (Å²) in [4.78, 5) is 1.33. The lowest BCUT2D eigenvalue weighted by Gasteiger charge is -2.20. The Bertz CT molecular complexity index is 297. The maximum atomic E-state index is 5.87. The summed E-state index contributed by atoms with van der Waals surface area (Å²) in [6.45, 7) is 2.08. The molecule has 1 nitrogen and oxygen atoms in total. The summed E-state index contributed by atoms with van der Waals surface area (Å²) in [5.41, 5.74) is 0. The third-order valence-corrected chi connectivity index (χ3v) is 6.26. The molecule has 0 bridgehead atoms. The molecule has 1 unspecified atom stereocenters. The van der Waals surface area contributed by atoms with Crippen LogP contribution in [-0.2, 0) is 6.54 Å². The first-order valence-corrected chi connectivity index (χ1v) is 8.38. The first-order chi connectivity index (χ1) is 7.34. The molecule has 1 aromatic rings. The van der Waals surface area contributed by atoms with Gasteiger partial charge in [-0.2, -0.15) is 23.5 Å². The molecule has 0 spiro atoms. The zero-order valence-corrected chi connectivity index (χ0v) is 11.6. The average molecular weight is 280 g/mol. The average Bonchev–Trinajstić information content (AvgIpc) is 2.66. The van der Waals surface area contributed by atoms with Crippen molar-refractivity contribution in [1.29, 1.82) is 0 Å². The first-order valence-electron chi connectivity index (χ1n) is 4.99. The minimum Gasteiger partial charge on any atom is -0.311 e. The lowest BCUT2D eigenvalue weighted by molar-refractivity contribution is 0.693. The smallest absolute Gasteiger partial charge is 0.0931 e. The molecule has 0 radical (unpaired) electrons. The van der Waals surface area contributed by atoms with Crippen molar-refractivity contribution < 1.29 is 0 Å². The lowest BCUT2D eigenvalue weighted by atomic mass is 10.4. The molecular weight excluding hydrogens is 266 g/mol. The van der Waals surface area contributed by atoms with E-state index in [-0.39, 0.29) is 0 Å². The third-order valence-electron chi connectivity index (χ3n) is 2.19. The van der Waals surface area contributed by atoms with E-state index in [0.717, 1.165) is 22.7 Å². The van der Waals surface area contributed by atoms with Crippen LogP contribution in [0.15, 0.2) is 12.1 Å². The van der Waals surface area contributed by atoms with Gasteiger partial charge in [-0.15, -0.1) is 11.3 Å². The molecule has 1 aliphatic heterocycles. The first kappa shape index (κ1) is 12.1. The molecule has 1 aliphatic rings. The van der Waals surface area contributed by atoms with E-state index in [1.165, 1.54) is 22.1 Å². The van der Waals surface area contributed by atoms with E-state index in [4.69, 9.17) is 11.6 Å². The van der Waals surface area contributed by atoms with Crippen LogP contribution in [0, 0.1) is 0 Å². The normalized spacial score (nSPS) is 21.8. The summed E-state index contributed by atoms with van der Waals surface area (Å²) in [7, 11) is 0. The Hall–Kier alpha value is 0.650. The second kappa shape index (κ2) is 6.40. The van der Waals surface area contributed by atoms with Gasteiger partial charge < -0.3 is 5.32 Å². The highest BCUT2D eigenvalue weighted by Crippen LogP contribution is 2.24. The quantitative estimate of drug-likeness (QED) is 0.908. The van der Waals surface area contributed by atoms with Gasteiger partial charge in [-0.25, -0.2) is 0 Å². The van der Waals surface area contributed by atoms with Gasteiger partial charge in [0.1, 0.15) is 0 Å². The fourth-order valence-corrected chi connectivity index (χ4v) is 5.16. The number of rotatable bonds is 4. The van der Waals surface area contributed by atoms with E-state index >= 15 is 0 Å². The van der Waals surface area contributed by atoms with Crippen LogP contribution < -0.4 is 5.32 Å². The predicted molar refractivity (Wildman–Crippen MR) is 74.6 cm³/mol. The number of hydrogen-bond acceptors (Lipinski definition) is 4. The summed E-state index contributed by atoms with van der Waals surface area (Å²) in [5, 5.41) is 4.29. The van der Waals surface area contributed by atoms with Crippen LogP contribution in [0.4, 0.5) is 0 Å². The molecule has 1 fully saturated rings. The van der Waals surface area contributed by atoms with Gasteiger partial charge in [-0.05, 0) is 12.1 Å². The van der Waals surface area contributed by atoms with Gasteiger partial charge in [0, 0.05) is 40.5 Å². The maximum Gasteiger partial charge on any atom is 0.0931 e. The Morgan fingerprint density at radius 2 is 2.33 bits per heavy atom. The number of nitrogens with one attached hydrogen (secondary N) is 1. The van der Waals surface area contributed by atoms with Gasteiger partial charge in [-0.1, -0.05) is 11.6 Å². The minimum absolute atomic E-state index is 0.791. The monoisotopic (exact) mass is 279 g/mol. The van der Waals surface area contributed by atoms with Gasteiger partial charge in [0.05, 0.1) is 4.34 Å². The van der Waals surface area contributed by atoms with Gasteiger partial charge in [0.15, 0.2) is 0 Å². The van der Waals surface area contributed by atoms with Crippen LogP contribution in [0.3, 0.4) is 0 Å². The second-order valence-electron chi connectivity index (χ2n) is 3.40. The van der Waals surface area contributed by atoms with E-state index in [0.29, 0.717) is 0 Å². The molecule has 0 aromatic carbocycles. The summed E-state index contributed by atoms with van der Waals surface area (Å²) >= 11 is 11.7. The van der Waals surface area contributed by atoms with Crippen molar-refractivity contribution in [2.75, 3.05) is 23.8 Å². The number of thiophene rings is 1. The molecule has 84 valence electrons. The molecule has 0 saturated carbocycles. The Labute approximate surface area is 108 Å². The zero-order valence-electron chi connectivity index (χ0n) is 8.37. The Morgan fingerprint density at radius 1 is 1.40 bits per heavy atom. The molecule has 1 aromatic heterocycles. The highest BCUT2D eigenvalue weighted by molar-refractivity contribution is 8.06. The van der Waals surface area contributed by atoms with Crippen LogP contribution in [0.25, 0.3) is 0 Å². The minimum atomic E-state index is 0.791. The van der Waals surface area contributed by atoms with E-state index in [9.17, 15) is 0 Å². The van der Waals surface area contributed by atoms with Crippen molar-refractivity contribution in [1.82, 2.24) is 5.32 Å². The fourth-order valence-electron chi connectivity index (χ4n) is 1.46. The molecule has 1 N–H and O–H groups in total. The van der Waals surface area contributed by atoms with Crippen LogP contribution in [0.5, 0.6) is 0 Å². The molecule has 2 rings (SSSR count). The summed E-state index contributed by atoms with van der Waals surface area (Å²) < 4.78 is 0.884.